The van der Waals surface area contributed by atoms with Crippen LogP contribution in [-0.2, 0) is 20.8 Å². The number of imidazole rings is 1. The van der Waals surface area contributed by atoms with Crippen LogP contribution in [0, 0.1) is 11.8 Å². The van der Waals surface area contributed by atoms with Gasteiger partial charge in [-0.25, -0.2) is 15.0 Å². The highest BCUT2D eigenvalue weighted by Gasteiger charge is 2.45. The zero-order valence-corrected chi connectivity index (χ0v) is 31.9. The predicted molar refractivity (Wildman–Crippen MR) is 211 cm³/mol. The summed E-state index contributed by atoms with van der Waals surface area (Å²) in [4.78, 5) is 82.8. The molecule has 0 radical (unpaired) electrons. The second-order valence-electron chi connectivity index (χ2n) is 16.3. The fraction of sp³-hybridized carbons (Fsp3) is 0.476. The van der Waals surface area contributed by atoms with E-state index in [0.29, 0.717) is 29.4 Å². The summed E-state index contributed by atoms with van der Waals surface area (Å²) in [7, 11) is 0. The first-order valence-corrected chi connectivity index (χ1v) is 20.3. The summed E-state index contributed by atoms with van der Waals surface area (Å²) in [5.74, 6) is 0.0332. The van der Waals surface area contributed by atoms with Gasteiger partial charge in [0.1, 0.15) is 17.9 Å². The quantitative estimate of drug-likeness (QED) is 0.191. The first-order valence-electron chi connectivity index (χ1n) is 20.3. The Kier molecular flexibility index (Phi) is 10.2. The highest BCUT2D eigenvalue weighted by Crippen LogP contribution is 2.36. The number of hydrogen-bond acceptors (Lipinski definition) is 11. The Bertz CT molecular complexity index is 2190. The molecule has 9 rings (SSSR count). The number of amides is 5. The summed E-state index contributed by atoms with van der Waals surface area (Å²) in [5, 5.41) is 9.00. The molecule has 1 atom stereocenters. The van der Waals surface area contributed by atoms with E-state index >= 15 is 0 Å². The van der Waals surface area contributed by atoms with E-state index in [1.54, 1.807) is 18.5 Å². The van der Waals surface area contributed by atoms with Crippen LogP contribution in [-0.4, -0.2) is 110 Å². The van der Waals surface area contributed by atoms with Gasteiger partial charge in [0.15, 0.2) is 11.5 Å². The maximum absolute atomic E-state index is 13.3. The summed E-state index contributed by atoms with van der Waals surface area (Å²) in [5.41, 5.74) is 4.17. The number of nitrogens with one attached hydrogen (secondary N) is 3. The lowest BCUT2D eigenvalue weighted by atomic mass is 9.86. The summed E-state index contributed by atoms with van der Waals surface area (Å²) in [6, 6.07) is 14.6. The molecule has 0 spiro atoms. The van der Waals surface area contributed by atoms with Crippen molar-refractivity contribution in [3.63, 3.8) is 0 Å². The Balaban J connectivity index is 0.709. The molecular weight excluding hydrogens is 725 g/mol. The van der Waals surface area contributed by atoms with Crippen molar-refractivity contribution in [2.45, 2.75) is 75.9 Å². The van der Waals surface area contributed by atoms with Crippen molar-refractivity contribution in [2.75, 3.05) is 49.5 Å². The second-order valence-corrected chi connectivity index (χ2v) is 16.3. The van der Waals surface area contributed by atoms with E-state index in [-0.39, 0.29) is 36.7 Å². The van der Waals surface area contributed by atoms with E-state index < -0.39 is 23.8 Å². The maximum Gasteiger partial charge on any atom is 0.262 e. The van der Waals surface area contributed by atoms with Gasteiger partial charge < -0.3 is 25.0 Å². The van der Waals surface area contributed by atoms with Gasteiger partial charge in [-0.3, -0.25) is 34.2 Å². The zero-order chi connectivity index (χ0) is 39.0. The monoisotopic (exact) mass is 772 g/mol. The smallest absolute Gasteiger partial charge is 0.262 e. The number of benzene rings is 2. The first-order chi connectivity index (χ1) is 27.8. The lowest BCUT2D eigenvalue weighted by Gasteiger charge is -2.38. The summed E-state index contributed by atoms with van der Waals surface area (Å²) in [6.45, 7) is 5.79. The molecule has 1 aliphatic carbocycles. The SMILES string of the molecule is O=C1CCC(N2C(=O)c3ccc(N4CCC(CN5CCC(CNc6ncnc7c6ncn7C6CC(NC(=O)Cc7ccccc7)C6)CC5)CC4)cc3C2=O)C(=O)N1. The molecule has 5 aliphatic rings. The van der Waals surface area contributed by atoms with Gasteiger partial charge in [0.25, 0.3) is 11.8 Å². The van der Waals surface area contributed by atoms with Crippen LogP contribution in [0.1, 0.15) is 83.7 Å². The van der Waals surface area contributed by atoms with Gasteiger partial charge in [0, 0.05) is 50.4 Å². The van der Waals surface area contributed by atoms with Crippen LogP contribution in [0.25, 0.3) is 11.2 Å². The van der Waals surface area contributed by atoms with Crippen LogP contribution >= 0.6 is 0 Å². The zero-order valence-electron chi connectivity index (χ0n) is 31.9. The normalized spacial score (nSPS) is 23.4. The van der Waals surface area contributed by atoms with Gasteiger partial charge in [0.05, 0.1) is 23.9 Å². The molecule has 4 fully saturated rings. The van der Waals surface area contributed by atoms with Gasteiger partial charge in [-0.15, -0.1) is 0 Å². The van der Waals surface area contributed by atoms with Crippen molar-refractivity contribution < 1.29 is 24.0 Å². The molecule has 1 saturated carbocycles. The third-order valence-electron chi connectivity index (χ3n) is 12.6. The molecule has 57 heavy (non-hydrogen) atoms. The molecule has 15 nitrogen and oxygen atoms in total. The molecule has 5 amide bonds. The molecular formula is C42H48N10O5. The van der Waals surface area contributed by atoms with Gasteiger partial charge >= 0.3 is 0 Å². The van der Waals surface area contributed by atoms with Crippen molar-refractivity contribution >= 4 is 52.2 Å². The standard InChI is InChI=1S/C42H48N10O5/c53-35-9-8-34(40(55)48-35)52-41(56)32-7-6-30(21-33(32)42(52)57)50-16-12-28(13-17-50)23-49-14-10-27(11-15-49)22-43-38-37-39(45-24-44-38)51(25-46-37)31-19-29(20-31)47-36(54)18-26-4-2-1-3-5-26/h1-7,21,24-25,27-29,31,34H,8-20,22-23H2,(H,47,54)(H,43,44,45)(H,48,53,55). The molecule has 0 bridgehead atoms. The molecule has 4 aromatic rings. The number of piperidine rings is 3. The topological polar surface area (TPSA) is 175 Å². The predicted octanol–water partition coefficient (Wildman–Crippen LogP) is 3.33. The number of fused-ring (bicyclic) bond motifs is 2. The number of imide groups is 2. The number of hydrogen-bond donors (Lipinski definition) is 3. The summed E-state index contributed by atoms with van der Waals surface area (Å²) < 4.78 is 2.12. The summed E-state index contributed by atoms with van der Waals surface area (Å²) in [6.07, 6.45) is 10.1. The second kappa shape index (κ2) is 15.7. The van der Waals surface area contributed by atoms with Gasteiger partial charge in [-0.1, -0.05) is 30.3 Å². The highest BCUT2D eigenvalue weighted by atomic mass is 16.2. The maximum atomic E-state index is 13.3. The van der Waals surface area contributed by atoms with Crippen molar-refractivity contribution in [3.8, 4) is 0 Å². The third-order valence-corrected chi connectivity index (χ3v) is 12.6. The van der Waals surface area contributed by atoms with Gasteiger partial charge in [-0.2, -0.15) is 0 Å². The molecule has 6 heterocycles. The van der Waals surface area contributed by atoms with Gasteiger partial charge in [-0.05, 0) is 93.6 Å². The van der Waals surface area contributed by atoms with E-state index in [2.05, 4.69) is 40.3 Å². The van der Waals surface area contributed by atoms with Crippen LogP contribution in [0.5, 0.6) is 0 Å². The van der Waals surface area contributed by atoms with E-state index in [4.69, 9.17) is 4.98 Å². The third kappa shape index (κ3) is 7.59. The molecule has 3 N–H and O–H groups in total. The number of aromatic nitrogens is 4. The van der Waals surface area contributed by atoms with Crippen LogP contribution in [0.2, 0.25) is 0 Å². The average molecular weight is 773 g/mol. The number of rotatable bonds is 11. The molecule has 15 heteroatoms. The lowest BCUT2D eigenvalue weighted by Crippen LogP contribution is -2.54. The van der Waals surface area contributed by atoms with Crippen molar-refractivity contribution in [3.05, 3.63) is 77.9 Å². The number of nitrogens with zero attached hydrogens (tertiary/aromatic N) is 7. The molecule has 4 aliphatic heterocycles. The minimum absolute atomic E-state index is 0.0538. The average Bonchev–Trinajstić information content (AvgIpc) is 3.74. The van der Waals surface area contributed by atoms with Gasteiger partial charge in [0.2, 0.25) is 17.7 Å². The number of likely N-dealkylation sites (tertiary alicyclic amines) is 1. The lowest BCUT2D eigenvalue weighted by molar-refractivity contribution is -0.136. The van der Waals surface area contributed by atoms with E-state index in [1.807, 2.05) is 42.7 Å². The number of carbonyl (C=O) groups is 5. The summed E-state index contributed by atoms with van der Waals surface area (Å²) >= 11 is 0. The van der Waals surface area contributed by atoms with Crippen molar-refractivity contribution in [1.29, 1.82) is 0 Å². The van der Waals surface area contributed by atoms with E-state index in [9.17, 15) is 24.0 Å². The van der Waals surface area contributed by atoms with Crippen molar-refractivity contribution in [1.82, 2.24) is 40.0 Å². The van der Waals surface area contributed by atoms with Crippen LogP contribution in [0.15, 0.2) is 61.2 Å². The number of carbonyl (C=O) groups excluding carboxylic acids is 5. The Labute approximate surface area is 330 Å². The molecule has 296 valence electrons. The molecule has 1 unspecified atom stereocenters. The van der Waals surface area contributed by atoms with Crippen LogP contribution < -0.4 is 20.9 Å². The van der Waals surface area contributed by atoms with Crippen LogP contribution in [0.4, 0.5) is 11.5 Å². The largest absolute Gasteiger partial charge is 0.371 e. The fourth-order valence-corrected chi connectivity index (χ4v) is 9.25. The fourth-order valence-electron chi connectivity index (χ4n) is 9.25. The Hall–Kier alpha value is -5.70. The first kappa shape index (κ1) is 36.9. The van der Waals surface area contributed by atoms with E-state index in [0.717, 1.165) is 111 Å². The molecule has 2 aromatic carbocycles. The van der Waals surface area contributed by atoms with E-state index in [1.165, 1.54) is 0 Å². The Morgan fingerprint density at radius 3 is 2.35 bits per heavy atom. The minimum Gasteiger partial charge on any atom is -0.371 e. The minimum atomic E-state index is -0.961. The Morgan fingerprint density at radius 1 is 0.825 bits per heavy atom. The Morgan fingerprint density at radius 2 is 1.58 bits per heavy atom. The molecule has 2 aromatic heterocycles. The van der Waals surface area contributed by atoms with Crippen molar-refractivity contribution in [2.24, 2.45) is 11.8 Å². The van der Waals surface area contributed by atoms with Crippen LogP contribution in [0.3, 0.4) is 0 Å². The molecule has 3 saturated heterocycles. The highest BCUT2D eigenvalue weighted by molar-refractivity contribution is 6.23. The number of anilines is 2.